The van der Waals surface area contributed by atoms with Crippen molar-refractivity contribution in [2.75, 3.05) is 5.73 Å². The van der Waals surface area contributed by atoms with E-state index in [2.05, 4.69) is 50.0 Å². The van der Waals surface area contributed by atoms with Crippen LogP contribution < -0.4 is 5.73 Å². The summed E-state index contributed by atoms with van der Waals surface area (Å²) < 4.78 is 15.0. The summed E-state index contributed by atoms with van der Waals surface area (Å²) in [6, 6.07) is 12.7. The molecular weight excluding hydrogens is 414 g/mol. The number of ether oxygens (including phenoxy) is 2. The van der Waals surface area contributed by atoms with Crippen molar-refractivity contribution in [1.29, 1.82) is 0 Å². The van der Waals surface area contributed by atoms with E-state index in [1.807, 2.05) is 32.2 Å². The first-order chi connectivity index (χ1) is 16.0. The fraction of sp³-hybridized carbons (Fsp3) is 0.423. The highest BCUT2D eigenvalue weighted by atomic mass is 16.8. The van der Waals surface area contributed by atoms with Gasteiger partial charge < -0.3 is 19.8 Å². The molecule has 1 saturated carbocycles. The molecule has 0 unspecified atom stereocenters. The van der Waals surface area contributed by atoms with Gasteiger partial charge in [0, 0.05) is 17.8 Å². The van der Waals surface area contributed by atoms with E-state index < -0.39 is 5.79 Å². The smallest absolute Gasteiger partial charge is 0.163 e. The third-order valence-corrected chi connectivity index (χ3v) is 7.14. The molecule has 1 aliphatic heterocycles. The van der Waals surface area contributed by atoms with Crippen LogP contribution in [0.3, 0.4) is 0 Å². The maximum atomic E-state index is 6.40. The van der Waals surface area contributed by atoms with Crippen LogP contribution in [-0.2, 0) is 15.9 Å². The number of rotatable bonds is 5. The fourth-order valence-corrected chi connectivity index (χ4v) is 5.69. The topological polar surface area (TPSA) is 88.1 Å². The van der Waals surface area contributed by atoms with Crippen molar-refractivity contribution in [1.82, 2.24) is 19.5 Å². The van der Waals surface area contributed by atoms with Crippen LogP contribution in [0.1, 0.15) is 44.7 Å². The second-order valence-electron chi connectivity index (χ2n) is 9.78. The molecule has 7 heteroatoms. The molecule has 4 heterocycles. The number of nitrogens with zero attached hydrogens (tertiary/aromatic N) is 4. The number of hydrogen-bond acceptors (Lipinski definition) is 6. The van der Waals surface area contributed by atoms with E-state index in [4.69, 9.17) is 15.2 Å². The lowest BCUT2D eigenvalue weighted by atomic mass is 9.96. The lowest BCUT2D eigenvalue weighted by molar-refractivity contribution is -0.160. The van der Waals surface area contributed by atoms with Crippen LogP contribution in [0.4, 0.5) is 5.82 Å². The Morgan fingerprint density at radius 2 is 1.94 bits per heavy atom. The summed E-state index contributed by atoms with van der Waals surface area (Å²) in [5, 5.41) is 2.09. The van der Waals surface area contributed by atoms with Crippen molar-refractivity contribution in [2.24, 2.45) is 5.92 Å². The molecule has 7 nitrogen and oxygen atoms in total. The fourth-order valence-electron chi connectivity index (χ4n) is 5.69. The van der Waals surface area contributed by atoms with Crippen molar-refractivity contribution < 1.29 is 9.47 Å². The van der Waals surface area contributed by atoms with Gasteiger partial charge in [-0.05, 0) is 69.2 Å². The largest absolute Gasteiger partial charge is 0.383 e. The molecule has 0 radical (unpaired) electrons. The molecule has 1 aliphatic carbocycles. The van der Waals surface area contributed by atoms with Gasteiger partial charge in [0.25, 0.3) is 0 Å². The number of benzene rings is 1. The lowest BCUT2D eigenvalue weighted by Gasteiger charge is -2.24. The number of anilines is 1. The monoisotopic (exact) mass is 443 g/mol. The SMILES string of the molecule is CC1(C)O[C@@H]2[C@@H](CCCc3cnc4ccccc4c3)C[C@@H](n3ccc4c(N)ncnc43)[C@@H]2O1. The lowest BCUT2D eigenvalue weighted by Crippen LogP contribution is -2.27. The van der Waals surface area contributed by atoms with Crippen molar-refractivity contribution in [3.05, 3.63) is 60.7 Å². The number of aryl methyl sites for hydroxylation is 1. The molecule has 0 amide bonds. The van der Waals surface area contributed by atoms with Crippen LogP contribution >= 0.6 is 0 Å². The van der Waals surface area contributed by atoms with Gasteiger partial charge >= 0.3 is 0 Å². The van der Waals surface area contributed by atoms with Crippen molar-refractivity contribution >= 4 is 27.8 Å². The molecule has 2 fully saturated rings. The third kappa shape index (κ3) is 3.65. The van der Waals surface area contributed by atoms with Gasteiger partial charge in [-0.3, -0.25) is 4.98 Å². The third-order valence-electron chi connectivity index (χ3n) is 7.14. The number of aromatic nitrogens is 4. The number of para-hydroxylation sites is 1. The Kier molecular flexibility index (Phi) is 4.85. The molecule has 33 heavy (non-hydrogen) atoms. The van der Waals surface area contributed by atoms with E-state index in [0.717, 1.165) is 42.2 Å². The Labute approximate surface area is 192 Å². The Balaban J connectivity index is 1.21. The maximum Gasteiger partial charge on any atom is 0.163 e. The molecule has 0 bridgehead atoms. The highest BCUT2D eigenvalue weighted by Gasteiger charge is 2.54. The Bertz CT molecular complexity index is 1320. The van der Waals surface area contributed by atoms with Gasteiger partial charge in [0.15, 0.2) is 5.79 Å². The van der Waals surface area contributed by atoms with Crippen molar-refractivity contribution in [3.63, 3.8) is 0 Å². The van der Waals surface area contributed by atoms with E-state index in [9.17, 15) is 0 Å². The van der Waals surface area contributed by atoms with Crippen LogP contribution in [0.5, 0.6) is 0 Å². The molecule has 4 aromatic rings. The Morgan fingerprint density at radius 1 is 1.09 bits per heavy atom. The number of fused-ring (bicyclic) bond motifs is 3. The van der Waals surface area contributed by atoms with E-state index in [1.54, 1.807) is 0 Å². The summed E-state index contributed by atoms with van der Waals surface area (Å²) in [6.45, 7) is 4.02. The van der Waals surface area contributed by atoms with Crippen molar-refractivity contribution in [2.45, 2.75) is 63.6 Å². The minimum absolute atomic E-state index is 0.000810. The molecule has 6 rings (SSSR count). The van der Waals surface area contributed by atoms with E-state index in [0.29, 0.717) is 11.7 Å². The molecule has 170 valence electrons. The van der Waals surface area contributed by atoms with Crippen LogP contribution in [-0.4, -0.2) is 37.5 Å². The van der Waals surface area contributed by atoms with Gasteiger partial charge in [0.1, 0.15) is 23.9 Å². The number of nitrogens with two attached hydrogens (primary N) is 1. The van der Waals surface area contributed by atoms with E-state index in [1.165, 1.54) is 17.3 Å². The molecule has 1 aromatic carbocycles. The highest BCUT2D eigenvalue weighted by molar-refractivity contribution is 5.86. The highest BCUT2D eigenvalue weighted by Crippen LogP contribution is 2.49. The van der Waals surface area contributed by atoms with Gasteiger partial charge in [-0.15, -0.1) is 0 Å². The maximum absolute atomic E-state index is 6.40. The number of nitrogen functional groups attached to an aromatic ring is 1. The molecule has 0 spiro atoms. The van der Waals surface area contributed by atoms with Gasteiger partial charge in [0.2, 0.25) is 0 Å². The van der Waals surface area contributed by atoms with Crippen LogP contribution in [0.15, 0.2) is 55.1 Å². The molecule has 2 aliphatic rings. The molecular formula is C26H29N5O2. The summed E-state index contributed by atoms with van der Waals surface area (Å²) in [6.07, 6.45) is 9.87. The van der Waals surface area contributed by atoms with Crippen LogP contribution in [0, 0.1) is 5.92 Å². The zero-order chi connectivity index (χ0) is 22.6. The summed E-state index contributed by atoms with van der Waals surface area (Å²) in [7, 11) is 0. The zero-order valence-corrected chi connectivity index (χ0v) is 19.0. The van der Waals surface area contributed by atoms with E-state index in [-0.39, 0.29) is 18.2 Å². The van der Waals surface area contributed by atoms with Crippen LogP contribution in [0.25, 0.3) is 21.9 Å². The second kappa shape index (κ2) is 7.78. The second-order valence-corrected chi connectivity index (χ2v) is 9.78. The zero-order valence-electron chi connectivity index (χ0n) is 19.0. The van der Waals surface area contributed by atoms with Gasteiger partial charge in [-0.25, -0.2) is 9.97 Å². The van der Waals surface area contributed by atoms with E-state index >= 15 is 0 Å². The average molecular weight is 444 g/mol. The summed E-state index contributed by atoms with van der Waals surface area (Å²) >= 11 is 0. The molecule has 1 saturated heterocycles. The van der Waals surface area contributed by atoms with Crippen molar-refractivity contribution in [3.8, 4) is 0 Å². The first-order valence-electron chi connectivity index (χ1n) is 11.7. The normalized spacial score (nSPS) is 26.2. The molecule has 4 atom stereocenters. The van der Waals surface area contributed by atoms with Gasteiger partial charge in [-0.2, -0.15) is 0 Å². The Hall–Kier alpha value is -3.03. The summed E-state index contributed by atoms with van der Waals surface area (Å²) in [4.78, 5) is 13.3. The predicted molar refractivity (Wildman–Crippen MR) is 128 cm³/mol. The Morgan fingerprint density at radius 3 is 2.85 bits per heavy atom. The number of pyridine rings is 1. The average Bonchev–Trinajstić information content (AvgIpc) is 3.46. The predicted octanol–water partition coefficient (Wildman–Crippen LogP) is 4.67. The molecule has 2 N–H and O–H groups in total. The minimum atomic E-state index is -0.578. The van der Waals surface area contributed by atoms with Gasteiger partial charge in [-0.1, -0.05) is 18.2 Å². The number of hydrogen-bond donors (Lipinski definition) is 1. The molecule has 3 aromatic heterocycles. The standard InChI is InChI=1S/C26H29N5O2/c1-26(2)32-22-18(8-5-6-16-12-17-7-3-4-9-20(17)28-14-16)13-21(23(22)33-26)31-11-10-19-24(27)29-15-30-25(19)31/h3-4,7,9-12,14-15,18,21-23H,5-6,8,13H2,1-2H3,(H2,27,29,30)/t18-,21+,22+,23-/m0/s1. The summed E-state index contributed by atoms with van der Waals surface area (Å²) in [5.74, 6) is 0.357. The van der Waals surface area contributed by atoms with Gasteiger partial charge in [0.05, 0.1) is 23.0 Å². The minimum Gasteiger partial charge on any atom is -0.383 e. The van der Waals surface area contributed by atoms with Crippen LogP contribution in [0.2, 0.25) is 0 Å². The first kappa shape index (κ1) is 20.6. The quantitative estimate of drug-likeness (QED) is 0.482. The first-order valence-corrected chi connectivity index (χ1v) is 11.7. The summed E-state index contributed by atoms with van der Waals surface area (Å²) in [5.41, 5.74) is 9.27.